The maximum absolute atomic E-state index is 4.51. The number of fused-ring (bicyclic) bond motifs is 3. The first-order chi connectivity index (χ1) is 9.85. The SMILES string of the molecule is C/C=N\c1cccc2ccc3cccc(/N=C\C)c3c12. The Morgan fingerprint density at radius 2 is 1.10 bits per heavy atom. The van der Waals surface area contributed by atoms with Gasteiger partial charge in [-0.1, -0.05) is 36.4 Å². The molecule has 0 saturated carbocycles. The molecule has 0 amide bonds. The Morgan fingerprint density at radius 3 is 1.50 bits per heavy atom. The lowest BCUT2D eigenvalue weighted by Crippen LogP contribution is -1.80. The molecule has 0 saturated heterocycles. The van der Waals surface area contributed by atoms with Crippen molar-refractivity contribution < 1.29 is 0 Å². The average Bonchev–Trinajstić information content (AvgIpc) is 2.48. The highest BCUT2D eigenvalue weighted by Crippen LogP contribution is 2.38. The molecule has 3 rings (SSSR count). The molecular formula is C18H16N2. The highest BCUT2D eigenvalue weighted by Gasteiger charge is 2.08. The topological polar surface area (TPSA) is 24.7 Å². The Bertz CT molecular complexity index is 759. The zero-order valence-electron chi connectivity index (χ0n) is 11.7. The number of hydrogen-bond donors (Lipinski definition) is 0. The smallest absolute Gasteiger partial charge is 0.0710 e. The Balaban J connectivity index is 2.56. The van der Waals surface area contributed by atoms with E-state index in [1.54, 1.807) is 0 Å². The molecule has 3 aromatic rings. The van der Waals surface area contributed by atoms with E-state index in [1.807, 2.05) is 50.5 Å². The molecule has 3 aromatic carbocycles. The normalized spacial score (nSPS) is 12.1. The monoisotopic (exact) mass is 260 g/mol. The fraction of sp³-hybridized carbons (Fsp3) is 0.111. The van der Waals surface area contributed by atoms with Crippen LogP contribution < -0.4 is 0 Å². The summed E-state index contributed by atoms with van der Waals surface area (Å²) < 4.78 is 0. The number of benzene rings is 3. The van der Waals surface area contributed by atoms with E-state index in [2.05, 4.69) is 34.3 Å². The van der Waals surface area contributed by atoms with Gasteiger partial charge < -0.3 is 0 Å². The van der Waals surface area contributed by atoms with Crippen LogP contribution in [0.5, 0.6) is 0 Å². The quantitative estimate of drug-likeness (QED) is 0.433. The van der Waals surface area contributed by atoms with E-state index in [4.69, 9.17) is 0 Å². The third kappa shape index (κ3) is 1.99. The molecule has 2 heteroatoms. The van der Waals surface area contributed by atoms with Gasteiger partial charge in [0.15, 0.2) is 0 Å². The van der Waals surface area contributed by atoms with Gasteiger partial charge in [0.05, 0.1) is 11.4 Å². The van der Waals surface area contributed by atoms with E-state index in [-0.39, 0.29) is 0 Å². The van der Waals surface area contributed by atoms with E-state index in [1.165, 1.54) is 21.5 Å². The van der Waals surface area contributed by atoms with Crippen LogP contribution in [0.1, 0.15) is 13.8 Å². The van der Waals surface area contributed by atoms with E-state index in [9.17, 15) is 0 Å². The summed E-state index contributed by atoms with van der Waals surface area (Å²) in [4.78, 5) is 9.02. The van der Waals surface area contributed by atoms with E-state index in [0.29, 0.717) is 0 Å². The summed E-state index contributed by atoms with van der Waals surface area (Å²) >= 11 is 0. The third-order valence-corrected chi connectivity index (χ3v) is 3.38. The maximum atomic E-state index is 4.51. The summed E-state index contributed by atoms with van der Waals surface area (Å²) in [5.74, 6) is 0. The van der Waals surface area contributed by atoms with Gasteiger partial charge in [0.1, 0.15) is 0 Å². The number of rotatable bonds is 2. The van der Waals surface area contributed by atoms with Crippen molar-refractivity contribution in [3.05, 3.63) is 48.5 Å². The minimum atomic E-state index is 0.995. The molecule has 0 aromatic heterocycles. The van der Waals surface area contributed by atoms with Crippen LogP contribution in [0.3, 0.4) is 0 Å². The van der Waals surface area contributed by atoms with Crippen LogP contribution in [0.25, 0.3) is 21.5 Å². The minimum Gasteiger partial charge on any atom is -0.261 e. The molecule has 20 heavy (non-hydrogen) atoms. The molecule has 0 fully saturated rings. The standard InChI is InChI=1S/C18H16N2/c1-3-19-15-9-5-7-13-11-12-14-8-6-10-16(20-4-2)18(14)17(13)15/h3-12H,1-2H3/b19-3-,20-4-. The molecule has 0 bridgehead atoms. The fourth-order valence-electron chi connectivity index (χ4n) is 2.61. The van der Waals surface area contributed by atoms with Crippen molar-refractivity contribution in [1.29, 1.82) is 0 Å². The molecular weight excluding hydrogens is 244 g/mol. The highest BCUT2D eigenvalue weighted by molar-refractivity contribution is 6.17. The van der Waals surface area contributed by atoms with Gasteiger partial charge in [0.25, 0.3) is 0 Å². The highest BCUT2D eigenvalue weighted by atomic mass is 14.7. The van der Waals surface area contributed by atoms with Crippen LogP contribution in [-0.4, -0.2) is 12.4 Å². The maximum Gasteiger partial charge on any atom is 0.0710 e. The lowest BCUT2D eigenvalue weighted by Gasteiger charge is -2.09. The van der Waals surface area contributed by atoms with E-state index >= 15 is 0 Å². The van der Waals surface area contributed by atoms with Crippen molar-refractivity contribution >= 4 is 45.3 Å². The first kappa shape index (κ1) is 12.5. The lowest BCUT2D eigenvalue weighted by molar-refractivity contribution is 1.55. The fourth-order valence-corrected chi connectivity index (χ4v) is 2.61. The molecule has 2 nitrogen and oxygen atoms in total. The molecule has 0 aliphatic heterocycles. The van der Waals surface area contributed by atoms with Crippen molar-refractivity contribution in [2.45, 2.75) is 13.8 Å². The Morgan fingerprint density at radius 1 is 0.650 bits per heavy atom. The zero-order chi connectivity index (χ0) is 13.9. The van der Waals surface area contributed by atoms with Gasteiger partial charge in [-0.3, -0.25) is 9.98 Å². The molecule has 0 aliphatic carbocycles. The second-order valence-electron chi connectivity index (χ2n) is 4.59. The van der Waals surface area contributed by atoms with Crippen molar-refractivity contribution in [1.82, 2.24) is 0 Å². The van der Waals surface area contributed by atoms with Gasteiger partial charge in [-0.15, -0.1) is 0 Å². The van der Waals surface area contributed by atoms with Crippen molar-refractivity contribution in [2.24, 2.45) is 9.98 Å². The summed E-state index contributed by atoms with van der Waals surface area (Å²) in [6.07, 6.45) is 3.67. The van der Waals surface area contributed by atoms with Crippen LogP contribution in [0.2, 0.25) is 0 Å². The van der Waals surface area contributed by atoms with Gasteiger partial charge in [0.2, 0.25) is 0 Å². The zero-order valence-corrected chi connectivity index (χ0v) is 11.7. The predicted octanol–water partition coefficient (Wildman–Crippen LogP) is 5.44. The number of hydrogen-bond acceptors (Lipinski definition) is 2. The number of nitrogens with zero attached hydrogens (tertiary/aromatic N) is 2. The predicted molar refractivity (Wildman–Crippen MR) is 89.1 cm³/mol. The minimum absolute atomic E-state index is 0.995. The van der Waals surface area contributed by atoms with Crippen molar-refractivity contribution in [3.8, 4) is 0 Å². The number of aliphatic imine (C=N–C) groups is 2. The van der Waals surface area contributed by atoms with Gasteiger partial charge in [0, 0.05) is 23.2 Å². The van der Waals surface area contributed by atoms with Crippen LogP contribution in [-0.2, 0) is 0 Å². The molecule has 0 N–H and O–H groups in total. The van der Waals surface area contributed by atoms with Crippen LogP contribution >= 0.6 is 0 Å². The molecule has 0 radical (unpaired) electrons. The van der Waals surface area contributed by atoms with Crippen molar-refractivity contribution in [3.63, 3.8) is 0 Å². The van der Waals surface area contributed by atoms with E-state index < -0.39 is 0 Å². The lowest BCUT2D eigenvalue weighted by atomic mass is 9.99. The van der Waals surface area contributed by atoms with Gasteiger partial charge in [-0.25, -0.2) is 0 Å². The molecule has 0 atom stereocenters. The summed E-state index contributed by atoms with van der Waals surface area (Å²) in [7, 11) is 0. The summed E-state index contributed by atoms with van der Waals surface area (Å²) in [5.41, 5.74) is 1.99. The Labute approximate surface area is 118 Å². The van der Waals surface area contributed by atoms with Crippen LogP contribution in [0, 0.1) is 0 Å². The third-order valence-electron chi connectivity index (χ3n) is 3.38. The molecule has 98 valence electrons. The van der Waals surface area contributed by atoms with Crippen LogP contribution in [0.4, 0.5) is 11.4 Å². The summed E-state index contributed by atoms with van der Waals surface area (Å²) in [6, 6.07) is 16.7. The van der Waals surface area contributed by atoms with Crippen LogP contribution in [0.15, 0.2) is 58.5 Å². The second kappa shape index (κ2) is 5.25. The Kier molecular flexibility index (Phi) is 3.30. The van der Waals surface area contributed by atoms with Gasteiger partial charge in [-0.2, -0.15) is 0 Å². The molecule has 0 unspecified atom stereocenters. The largest absolute Gasteiger partial charge is 0.261 e. The van der Waals surface area contributed by atoms with Gasteiger partial charge >= 0.3 is 0 Å². The summed E-state index contributed by atoms with van der Waals surface area (Å²) in [5, 5.41) is 4.73. The van der Waals surface area contributed by atoms with Crippen molar-refractivity contribution in [2.75, 3.05) is 0 Å². The molecule has 0 aliphatic rings. The van der Waals surface area contributed by atoms with E-state index in [0.717, 1.165) is 11.4 Å². The average molecular weight is 260 g/mol. The first-order valence-corrected chi connectivity index (χ1v) is 6.77. The summed E-state index contributed by atoms with van der Waals surface area (Å²) in [6.45, 7) is 3.88. The molecule has 0 spiro atoms. The first-order valence-electron chi connectivity index (χ1n) is 6.77. The molecule has 0 heterocycles. The Hall–Kier alpha value is -2.48. The second-order valence-corrected chi connectivity index (χ2v) is 4.59. The van der Waals surface area contributed by atoms with Gasteiger partial charge in [-0.05, 0) is 36.8 Å².